The summed E-state index contributed by atoms with van der Waals surface area (Å²) in [5.41, 5.74) is 0.641. The molecule has 0 bridgehead atoms. The number of thioether (sulfide) groups is 1. The van der Waals surface area contributed by atoms with Gasteiger partial charge >= 0.3 is 12.0 Å². The number of imide groups is 1. The maximum atomic E-state index is 12.6. The number of rotatable bonds is 8. The molecule has 1 unspecified atom stereocenters. The zero-order valence-corrected chi connectivity index (χ0v) is 19.9. The van der Waals surface area contributed by atoms with Crippen LogP contribution in [0.15, 0.2) is 28.3 Å². The van der Waals surface area contributed by atoms with E-state index in [1.165, 1.54) is 6.21 Å². The Balaban J connectivity index is 1.98. The summed E-state index contributed by atoms with van der Waals surface area (Å²) in [4.78, 5) is 36.0. The molecular formula is C20H21Cl2N5O4S. The monoisotopic (exact) mass is 497 g/mol. The van der Waals surface area contributed by atoms with E-state index in [9.17, 15) is 14.4 Å². The Kier molecular flexibility index (Phi) is 7.16. The second-order valence-corrected chi connectivity index (χ2v) is 9.10. The number of hydrazone groups is 1. The summed E-state index contributed by atoms with van der Waals surface area (Å²) in [6.45, 7) is 5.35. The van der Waals surface area contributed by atoms with Crippen molar-refractivity contribution >= 4 is 59.1 Å². The standard InChI is InChI=1S/C20H21Cl2N5O4S/c1-4-20(3)18(30)27(19(31)24-20)23-8-12-11(2)25-26(17(12)32-10-16(28)29)9-13-14(21)6-5-7-15(13)22/h5-8H,4,9-10H2,1-3H3,(H,24,31)(H,28,29)/b23-8+. The zero-order chi connectivity index (χ0) is 23.6. The van der Waals surface area contributed by atoms with Crippen molar-refractivity contribution < 1.29 is 19.5 Å². The smallest absolute Gasteiger partial charge is 0.346 e. The first kappa shape index (κ1) is 24.1. The van der Waals surface area contributed by atoms with Crippen LogP contribution >= 0.6 is 35.0 Å². The molecule has 0 aliphatic carbocycles. The fourth-order valence-corrected chi connectivity index (χ4v) is 4.46. The summed E-state index contributed by atoms with van der Waals surface area (Å²) >= 11 is 13.6. The predicted octanol–water partition coefficient (Wildman–Crippen LogP) is 3.78. The maximum absolute atomic E-state index is 12.6. The minimum absolute atomic E-state index is 0.201. The van der Waals surface area contributed by atoms with Crippen LogP contribution in [0.1, 0.15) is 37.1 Å². The van der Waals surface area contributed by atoms with E-state index in [0.717, 1.165) is 16.8 Å². The van der Waals surface area contributed by atoms with Crippen molar-refractivity contribution in [3.63, 3.8) is 0 Å². The Morgan fingerprint density at radius 3 is 2.56 bits per heavy atom. The number of benzene rings is 1. The molecule has 12 heteroatoms. The number of aliphatic carboxylic acids is 1. The number of carbonyl (C=O) groups is 3. The molecule has 3 rings (SSSR count). The minimum Gasteiger partial charge on any atom is -0.481 e. The zero-order valence-electron chi connectivity index (χ0n) is 17.6. The molecule has 0 saturated carbocycles. The van der Waals surface area contributed by atoms with Crippen molar-refractivity contribution in [3.05, 3.63) is 45.1 Å². The van der Waals surface area contributed by atoms with Gasteiger partial charge in [-0.25, -0.2) is 4.79 Å². The highest BCUT2D eigenvalue weighted by atomic mass is 35.5. The number of carboxylic acids is 1. The summed E-state index contributed by atoms with van der Waals surface area (Å²) in [7, 11) is 0. The minimum atomic E-state index is -1.02. The molecule has 0 spiro atoms. The van der Waals surface area contributed by atoms with Crippen molar-refractivity contribution in [2.24, 2.45) is 5.10 Å². The third-order valence-corrected chi connectivity index (χ3v) is 6.88. The molecule has 1 aromatic heterocycles. The summed E-state index contributed by atoms with van der Waals surface area (Å²) in [5, 5.41) is 22.5. The van der Waals surface area contributed by atoms with Gasteiger partial charge in [0.1, 0.15) is 10.6 Å². The Morgan fingerprint density at radius 2 is 2.00 bits per heavy atom. The number of hydrogen-bond donors (Lipinski definition) is 2. The lowest BCUT2D eigenvalue weighted by molar-refractivity contribution is -0.134. The SMILES string of the molecule is CCC1(C)NC(=O)N(/N=C/c2c(C)nn(Cc3c(Cl)cccc3Cl)c2SCC(=O)O)C1=O. The first-order valence-electron chi connectivity index (χ1n) is 9.63. The fourth-order valence-electron chi connectivity index (χ4n) is 3.07. The van der Waals surface area contributed by atoms with Crippen LogP contribution in [0.3, 0.4) is 0 Å². The second-order valence-electron chi connectivity index (χ2n) is 7.32. The Labute approximate surface area is 198 Å². The van der Waals surface area contributed by atoms with Gasteiger partial charge in [-0.3, -0.25) is 14.3 Å². The molecule has 1 aliphatic heterocycles. The molecule has 1 saturated heterocycles. The van der Waals surface area contributed by atoms with E-state index >= 15 is 0 Å². The molecule has 9 nitrogen and oxygen atoms in total. The van der Waals surface area contributed by atoms with Gasteiger partial charge in [-0.2, -0.15) is 10.2 Å². The van der Waals surface area contributed by atoms with Crippen LogP contribution in [-0.2, 0) is 16.1 Å². The second kappa shape index (κ2) is 9.51. The maximum Gasteiger partial charge on any atom is 0.346 e. The lowest BCUT2D eigenvalue weighted by Gasteiger charge is -2.17. The van der Waals surface area contributed by atoms with Crippen molar-refractivity contribution in [2.45, 2.75) is 44.3 Å². The van der Waals surface area contributed by atoms with Gasteiger partial charge in [-0.05, 0) is 32.4 Å². The highest BCUT2D eigenvalue weighted by Gasteiger charge is 2.46. The van der Waals surface area contributed by atoms with Gasteiger partial charge in [-0.15, -0.1) is 5.01 Å². The van der Waals surface area contributed by atoms with Crippen LogP contribution in [0.2, 0.25) is 10.0 Å². The number of aromatic nitrogens is 2. The van der Waals surface area contributed by atoms with E-state index in [1.54, 1.807) is 43.7 Å². The van der Waals surface area contributed by atoms with Gasteiger partial charge in [0.15, 0.2) is 0 Å². The van der Waals surface area contributed by atoms with Crippen LogP contribution < -0.4 is 5.32 Å². The van der Waals surface area contributed by atoms with E-state index in [2.05, 4.69) is 15.5 Å². The third kappa shape index (κ3) is 4.77. The Morgan fingerprint density at radius 1 is 1.34 bits per heavy atom. The van der Waals surface area contributed by atoms with Gasteiger partial charge in [0.05, 0.1) is 24.2 Å². The van der Waals surface area contributed by atoms with Gasteiger partial charge < -0.3 is 10.4 Å². The van der Waals surface area contributed by atoms with E-state index in [0.29, 0.717) is 38.3 Å². The molecule has 2 N–H and O–H groups in total. The van der Waals surface area contributed by atoms with E-state index in [-0.39, 0.29) is 12.3 Å². The van der Waals surface area contributed by atoms with Gasteiger partial charge in [0, 0.05) is 21.2 Å². The number of halogens is 2. The van der Waals surface area contributed by atoms with E-state index in [4.69, 9.17) is 28.3 Å². The number of hydrogen-bond acceptors (Lipinski definition) is 6. The molecule has 2 aromatic rings. The van der Waals surface area contributed by atoms with Crippen molar-refractivity contribution in [2.75, 3.05) is 5.75 Å². The van der Waals surface area contributed by atoms with Crippen LogP contribution in [0.25, 0.3) is 0 Å². The van der Waals surface area contributed by atoms with E-state index in [1.807, 2.05) is 0 Å². The molecule has 3 amide bonds. The number of aryl methyl sites for hydroxylation is 1. The average molecular weight is 498 g/mol. The first-order chi connectivity index (χ1) is 15.1. The summed E-state index contributed by atoms with van der Waals surface area (Å²) in [5.74, 6) is -1.69. The number of amides is 3. The van der Waals surface area contributed by atoms with Gasteiger partial charge in [-0.1, -0.05) is 48.0 Å². The quantitative estimate of drug-likeness (QED) is 0.325. The lowest BCUT2D eigenvalue weighted by atomic mass is 10.00. The summed E-state index contributed by atoms with van der Waals surface area (Å²) in [6.07, 6.45) is 1.76. The summed E-state index contributed by atoms with van der Waals surface area (Å²) in [6, 6.07) is 4.51. The van der Waals surface area contributed by atoms with Crippen molar-refractivity contribution in [1.29, 1.82) is 0 Å². The highest BCUT2D eigenvalue weighted by Crippen LogP contribution is 2.30. The predicted molar refractivity (Wildman–Crippen MR) is 123 cm³/mol. The first-order valence-corrected chi connectivity index (χ1v) is 11.4. The molecule has 1 aliphatic rings. The average Bonchev–Trinajstić information content (AvgIpc) is 3.14. The fraction of sp³-hybridized carbons (Fsp3) is 0.350. The van der Waals surface area contributed by atoms with Crippen LogP contribution in [-0.4, -0.2) is 55.3 Å². The molecule has 1 atom stereocenters. The molecular weight excluding hydrogens is 477 g/mol. The Hall–Kier alpha value is -2.56. The molecule has 32 heavy (non-hydrogen) atoms. The molecule has 0 radical (unpaired) electrons. The molecule has 1 fully saturated rings. The van der Waals surface area contributed by atoms with Gasteiger partial charge in [0.25, 0.3) is 5.91 Å². The Bertz CT molecular complexity index is 1100. The van der Waals surface area contributed by atoms with Crippen LogP contribution in [0.4, 0.5) is 4.79 Å². The normalized spacial score (nSPS) is 18.6. The highest BCUT2D eigenvalue weighted by molar-refractivity contribution is 8.00. The lowest BCUT2D eigenvalue weighted by Crippen LogP contribution is -2.42. The summed E-state index contributed by atoms with van der Waals surface area (Å²) < 4.78 is 1.58. The number of carboxylic acid groups (broad SMARTS) is 1. The molecule has 1 aromatic carbocycles. The third-order valence-electron chi connectivity index (χ3n) is 5.08. The topological polar surface area (TPSA) is 117 Å². The largest absolute Gasteiger partial charge is 0.481 e. The van der Waals surface area contributed by atoms with Crippen LogP contribution in [0, 0.1) is 6.92 Å². The molecule has 170 valence electrons. The number of carbonyl (C=O) groups excluding carboxylic acids is 2. The molecule has 2 heterocycles. The van der Waals surface area contributed by atoms with Gasteiger partial charge in [0.2, 0.25) is 0 Å². The van der Waals surface area contributed by atoms with Crippen molar-refractivity contribution in [1.82, 2.24) is 20.1 Å². The number of nitrogens with zero attached hydrogens (tertiary/aromatic N) is 4. The van der Waals surface area contributed by atoms with Crippen LogP contribution in [0.5, 0.6) is 0 Å². The number of urea groups is 1. The van der Waals surface area contributed by atoms with Crippen molar-refractivity contribution in [3.8, 4) is 0 Å². The number of nitrogens with one attached hydrogen (secondary N) is 1. The van der Waals surface area contributed by atoms with E-state index < -0.39 is 23.4 Å².